The van der Waals surface area contributed by atoms with E-state index < -0.39 is 0 Å². The second kappa shape index (κ2) is 4.52. The summed E-state index contributed by atoms with van der Waals surface area (Å²) >= 11 is 0. The van der Waals surface area contributed by atoms with Gasteiger partial charge in [0.1, 0.15) is 11.4 Å². The highest BCUT2D eigenvalue weighted by atomic mass is 16.5. The van der Waals surface area contributed by atoms with Gasteiger partial charge in [0.25, 0.3) is 0 Å². The Balaban J connectivity index is 1.94. The van der Waals surface area contributed by atoms with Gasteiger partial charge in [-0.25, -0.2) is 0 Å². The first-order valence-electron chi connectivity index (χ1n) is 7.45. The number of hydrogen-bond acceptors (Lipinski definition) is 2. The molecule has 1 aromatic rings. The molecule has 3 unspecified atom stereocenters. The van der Waals surface area contributed by atoms with Crippen LogP contribution in [0.4, 0.5) is 0 Å². The maximum atomic E-state index is 10.5. The molecule has 104 valence electrons. The van der Waals surface area contributed by atoms with E-state index in [0.29, 0.717) is 11.8 Å². The highest BCUT2D eigenvalue weighted by Crippen LogP contribution is 2.48. The maximum absolute atomic E-state index is 10.5. The van der Waals surface area contributed by atoms with Crippen molar-refractivity contribution in [3.05, 3.63) is 29.3 Å². The van der Waals surface area contributed by atoms with Crippen LogP contribution < -0.4 is 4.74 Å². The molecule has 1 N–H and O–H groups in total. The van der Waals surface area contributed by atoms with Gasteiger partial charge in [0, 0.05) is 12.0 Å². The average molecular weight is 260 g/mol. The topological polar surface area (TPSA) is 29.5 Å². The number of benzene rings is 1. The Morgan fingerprint density at radius 2 is 1.84 bits per heavy atom. The zero-order valence-corrected chi connectivity index (χ0v) is 12.1. The molecule has 1 heterocycles. The van der Waals surface area contributed by atoms with Crippen LogP contribution in [0.2, 0.25) is 0 Å². The Labute approximate surface area is 115 Å². The van der Waals surface area contributed by atoms with Crippen molar-refractivity contribution in [3.63, 3.8) is 0 Å². The Hall–Kier alpha value is -1.02. The standard InChI is InChI=1S/C17H24O2/c1-11-4-5-16-14(7-11)15(18)10-17(19-16)8-12(2)6-13(3)9-17/h4-5,7,12-13,15,18H,6,8-10H2,1-3H3. The minimum absolute atomic E-state index is 0.140. The maximum Gasteiger partial charge on any atom is 0.125 e. The summed E-state index contributed by atoms with van der Waals surface area (Å²) in [6, 6.07) is 6.15. The molecule has 1 fully saturated rings. The summed E-state index contributed by atoms with van der Waals surface area (Å²) < 4.78 is 6.37. The lowest BCUT2D eigenvalue weighted by atomic mass is 9.70. The fraction of sp³-hybridized carbons (Fsp3) is 0.647. The smallest absolute Gasteiger partial charge is 0.125 e. The molecular formula is C17H24O2. The van der Waals surface area contributed by atoms with Crippen LogP contribution in [0, 0.1) is 18.8 Å². The molecule has 0 saturated heterocycles. The Kier molecular flexibility index (Phi) is 3.09. The van der Waals surface area contributed by atoms with Gasteiger partial charge in [0.05, 0.1) is 6.10 Å². The van der Waals surface area contributed by atoms with Crippen LogP contribution in [0.25, 0.3) is 0 Å². The lowest BCUT2D eigenvalue weighted by Crippen LogP contribution is -2.46. The highest BCUT2D eigenvalue weighted by Gasteiger charge is 2.45. The summed E-state index contributed by atoms with van der Waals surface area (Å²) in [6.07, 6.45) is 3.80. The molecule has 0 radical (unpaired) electrons. The summed E-state index contributed by atoms with van der Waals surface area (Å²) in [5, 5.41) is 10.5. The molecule has 19 heavy (non-hydrogen) atoms. The quantitative estimate of drug-likeness (QED) is 0.764. The van der Waals surface area contributed by atoms with E-state index in [1.165, 1.54) is 12.0 Å². The number of rotatable bonds is 0. The van der Waals surface area contributed by atoms with Crippen molar-refractivity contribution in [3.8, 4) is 5.75 Å². The third-order valence-electron chi connectivity index (χ3n) is 4.66. The average Bonchev–Trinajstić information content (AvgIpc) is 2.28. The Morgan fingerprint density at radius 1 is 1.16 bits per heavy atom. The predicted octanol–water partition coefficient (Wildman–Crippen LogP) is 4.01. The summed E-state index contributed by atoms with van der Waals surface area (Å²) in [4.78, 5) is 0. The van der Waals surface area contributed by atoms with E-state index >= 15 is 0 Å². The summed E-state index contributed by atoms with van der Waals surface area (Å²) in [7, 11) is 0. The van der Waals surface area contributed by atoms with Gasteiger partial charge in [-0.2, -0.15) is 0 Å². The van der Waals surface area contributed by atoms with Crippen LogP contribution in [0.1, 0.15) is 56.8 Å². The molecule has 1 aliphatic heterocycles. The van der Waals surface area contributed by atoms with E-state index in [1.807, 2.05) is 6.07 Å². The second-order valence-corrected chi connectivity index (χ2v) is 6.90. The minimum atomic E-state index is -0.374. The van der Waals surface area contributed by atoms with Crippen LogP contribution in [-0.4, -0.2) is 10.7 Å². The van der Waals surface area contributed by atoms with Crippen molar-refractivity contribution in [2.45, 2.75) is 58.2 Å². The molecule has 2 heteroatoms. The molecule has 0 bridgehead atoms. The summed E-state index contributed by atoms with van der Waals surface area (Å²) in [6.45, 7) is 6.66. The Bertz CT molecular complexity index is 470. The van der Waals surface area contributed by atoms with Gasteiger partial charge in [-0.15, -0.1) is 0 Å². The lowest BCUT2D eigenvalue weighted by Gasteiger charge is -2.47. The molecule has 1 aliphatic carbocycles. The van der Waals surface area contributed by atoms with Crippen LogP contribution >= 0.6 is 0 Å². The van der Waals surface area contributed by atoms with Crippen molar-refractivity contribution in [2.24, 2.45) is 11.8 Å². The molecule has 3 rings (SSSR count). The third-order valence-corrected chi connectivity index (χ3v) is 4.66. The predicted molar refractivity (Wildman–Crippen MR) is 76.3 cm³/mol. The monoisotopic (exact) mass is 260 g/mol. The van der Waals surface area contributed by atoms with E-state index in [-0.39, 0.29) is 11.7 Å². The molecule has 1 aromatic carbocycles. The van der Waals surface area contributed by atoms with E-state index in [2.05, 4.69) is 32.9 Å². The van der Waals surface area contributed by atoms with E-state index in [4.69, 9.17) is 4.74 Å². The minimum Gasteiger partial charge on any atom is -0.487 e. The molecule has 1 spiro atoms. The molecule has 1 saturated carbocycles. The van der Waals surface area contributed by atoms with Crippen LogP contribution in [0.15, 0.2) is 18.2 Å². The van der Waals surface area contributed by atoms with Crippen molar-refractivity contribution in [1.82, 2.24) is 0 Å². The first-order chi connectivity index (χ1) is 8.97. The van der Waals surface area contributed by atoms with Gasteiger partial charge >= 0.3 is 0 Å². The van der Waals surface area contributed by atoms with Crippen LogP contribution in [-0.2, 0) is 0 Å². The van der Waals surface area contributed by atoms with Crippen molar-refractivity contribution in [2.75, 3.05) is 0 Å². The van der Waals surface area contributed by atoms with Gasteiger partial charge in [-0.3, -0.25) is 0 Å². The first kappa shape index (κ1) is 13.0. The lowest BCUT2D eigenvalue weighted by molar-refractivity contribution is -0.0624. The highest BCUT2D eigenvalue weighted by molar-refractivity contribution is 5.41. The largest absolute Gasteiger partial charge is 0.487 e. The van der Waals surface area contributed by atoms with Crippen molar-refractivity contribution >= 4 is 0 Å². The van der Waals surface area contributed by atoms with Gasteiger partial charge in [-0.1, -0.05) is 25.5 Å². The zero-order chi connectivity index (χ0) is 13.6. The van der Waals surface area contributed by atoms with E-state index in [1.54, 1.807) is 0 Å². The summed E-state index contributed by atoms with van der Waals surface area (Å²) in [5.74, 6) is 2.26. The first-order valence-corrected chi connectivity index (χ1v) is 7.45. The third kappa shape index (κ3) is 2.38. The van der Waals surface area contributed by atoms with Gasteiger partial charge in [0.2, 0.25) is 0 Å². The summed E-state index contributed by atoms with van der Waals surface area (Å²) in [5.41, 5.74) is 2.01. The fourth-order valence-corrected chi connectivity index (χ4v) is 4.22. The molecule has 0 aromatic heterocycles. The molecular weight excluding hydrogens is 236 g/mol. The van der Waals surface area contributed by atoms with Crippen LogP contribution in [0.5, 0.6) is 5.75 Å². The van der Waals surface area contributed by atoms with E-state index in [0.717, 1.165) is 30.6 Å². The van der Waals surface area contributed by atoms with Gasteiger partial charge in [-0.05, 0) is 50.2 Å². The SMILES string of the molecule is Cc1ccc2c(c1)C(O)CC1(CC(C)CC(C)C1)O2. The number of ether oxygens (including phenoxy) is 1. The van der Waals surface area contributed by atoms with Crippen molar-refractivity contribution < 1.29 is 9.84 Å². The Morgan fingerprint density at radius 3 is 2.53 bits per heavy atom. The number of aliphatic hydroxyl groups excluding tert-OH is 1. The fourth-order valence-electron chi connectivity index (χ4n) is 4.22. The second-order valence-electron chi connectivity index (χ2n) is 6.90. The van der Waals surface area contributed by atoms with Crippen molar-refractivity contribution in [1.29, 1.82) is 0 Å². The molecule has 2 nitrogen and oxygen atoms in total. The zero-order valence-electron chi connectivity index (χ0n) is 12.1. The molecule has 3 atom stereocenters. The number of fused-ring (bicyclic) bond motifs is 1. The molecule has 2 aliphatic rings. The van der Waals surface area contributed by atoms with E-state index in [9.17, 15) is 5.11 Å². The van der Waals surface area contributed by atoms with Gasteiger partial charge < -0.3 is 9.84 Å². The normalized spacial score (nSPS) is 37.8. The van der Waals surface area contributed by atoms with Gasteiger partial charge in [0.15, 0.2) is 0 Å². The number of hydrogen-bond donors (Lipinski definition) is 1. The van der Waals surface area contributed by atoms with Crippen LogP contribution in [0.3, 0.4) is 0 Å². The number of aliphatic hydroxyl groups is 1. The number of aryl methyl sites for hydroxylation is 1. The molecule has 0 amide bonds.